The number of nitrogens with two attached hydrogens (primary N) is 1. The third-order valence-corrected chi connectivity index (χ3v) is 4.17. The first-order valence-electron chi connectivity index (χ1n) is 10.2. The largest absolute Gasteiger partial charge is 0.480 e. The normalized spacial score (nSPS) is 11.9. The molecule has 0 unspecified atom stereocenters. The van der Waals surface area contributed by atoms with Crippen LogP contribution in [0.1, 0.15) is 31.9 Å². The van der Waals surface area contributed by atoms with Gasteiger partial charge < -0.3 is 26.0 Å². The second-order valence-corrected chi connectivity index (χ2v) is 8.39. The minimum absolute atomic E-state index is 0. The van der Waals surface area contributed by atoms with Gasteiger partial charge in [-0.3, -0.25) is 4.79 Å². The summed E-state index contributed by atoms with van der Waals surface area (Å²) in [5, 5.41) is 19.7. The van der Waals surface area contributed by atoms with Crippen LogP contribution >= 0.6 is 27.0 Å². The van der Waals surface area contributed by atoms with Crippen molar-refractivity contribution in [3.8, 4) is 0 Å². The third-order valence-electron chi connectivity index (χ3n) is 4.17. The number of hydrogen-bond donors (Lipinski definition) is 4. The van der Waals surface area contributed by atoms with Gasteiger partial charge in [0.2, 0.25) is 0 Å². The zero-order chi connectivity index (χ0) is 26.9. The maximum absolute atomic E-state index is 13.1. The molecule has 0 saturated carbocycles. The molecule has 1 amide bonds. The van der Waals surface area contributed by atoms with Crippen molar-refractivity contribution in [3.63, 3.8) is 0 Å². The Morgan fingerprint density at radius 2 is 1.27 bits per heavy atom. The number of carbonyl (C=O) groups excluding carboxylic acids is 1. The number of halogens is 4. The van der Waals surface area contributed by atoms with Crippen molar-refractivity contribution in [1.29, 1.82) is 0 Å². The lowest BCUT2D eigenvalue weighted by atomic mass is 10.1. The van der Waals surface area contributed by atoms with Crippen LogP contribution in [-0.4, -0.2) is 45.9 Å². The molecule has 0 aliphatic carbocycles. The summed E-state index contributed by atoms with van der Waals surface area (Å²) in [7, 11) is 0. The van der Waals surface area contributed by atoms with Crippen LogP contribution in [-0.2, 0) is 27.2 Å². The summed E-state index contributed by atoms with van der Waals surface area (Å²) >= 11 is 0. The number of carboxylic acids is 2. The smallest absolute Gasteiger partial charge is 0.408 e. The summed E-state index contributed by atoms with van der Waals surface area (Å²) < 4.78 is 56.0. The predicted molar refractivity (Wildman–Crippen MR) is 137 cm³/mol. The molecule has 2 rings (SSSR count). The second-order valence-electron chi connectivity index (χ2n) is 8.39. The van der Waals surface area contributed by atoms with E-state index in [-0.39, 0.29) is 45.4 Å². The Balaban J connectivity index is 0. The van der Waals surface area contributed by atoms with Gasteiger partial charge >= 0.3 is 18.0 Å². The molecule has 2 aromatic rings. The molecule has 0 bridgehead atoms. The number of aliphatic carboxylic acids is 2. The highest BCUT2D eigenvalue weighted by molar-refractivity contribution is 7.59. The fourth-order valence-corrected chi connectivity index (χ4v) is 2.56. The van der Waals surface area contributed by atoms with Crippen LogP contribution < -0.4 is 11.1 Å². The highest BCUT2D eigenvalue weighted by Crippen LogP contribution is 2.12. The van der Waals surface area contributed by atoms with E-state index in [1.807, 2.05) is 0 Å². The van der Waals surface area contributed by atoms with Crippen LogP contribution in [0.25, 0.3) is 0 Å². The fourth-order valence-electron chi connectivity index (χ4n) is 2.56. The van der Waals surface area contributed by atoms with E-state index in [1.165, 1.54) is 12.1 Å². The maximum atomic E-state index is 13.1. The first kappa shape index (κ1) is 36.2. The van der Waals surface area contributed by atoms with Gasteiger partial charge in [-0.15, -0.1) is 0 Å². The van der Waals surface area contributed by atoms with Crippen LogP contribution in [0.5, 0.6) is 0 Å². The molecular weight excluding hydrogens is 540 g/mol. The highest BCUT2D eigenvalue weighted by Gasteiger charge is 2.24. The summed E-state index contributed by atoms with van der Waals surface area (Å²) in [5.41, 5.74) is 5.06. The molecular formula is C23H30F4N2O6S2. The molecule has 2 aromatic carbocycles. The molecule has 8 nitrogen and oxygen atoms in total. The number of benzene rings is 2. The topological polar surface area (TPSA) is 139 Å². The number of carboxylic acid groups (broad SMARTS) is 2. The van der Waals surface area contributed by atoms with Gasteiger partial charge in [-0.2, -0.15) is 27.0 Å². The summed E-state index contributed by atoms with van der Waals surface area (Å²) in [4.78, 5) is 33.0. The van der Waals surface area contributed by atoms with E-state index in [0.29, 0.717) is 5.56 Å². The van der Waals surface area contributed by atoms with Gasteiger partial charge in [0.25, 0.3) is 0 Å². The molecule has 0 radical (unpaired) electrons. The Labute approximate surface area is 225 Å². The van der Waals surface area contributed by atoms with Gasteiger partial charge in [-0.05, 0) is 62.6 Å². The van der Waals surface area contributed by atoms with Crippen LogP contribution in [0.4, 0.5) is 22.4 Å². The molecule has 0 aliphatic rings. The molecule has 0 aliphatic heterocycles. The van der Waals surface area contributed by atoms with E-state index in [4.69, 9.17) is 20.7 Å². The average molecular weight is 571 g/mol. The second kappa shape index (κ2) is 16.0. The molecule has 37 heavy (non-hydrogen) atoms. The standard InChI is InChI=1S/C14H17F2NO4.C9H9F2NO2.2H2S/c1-14(2,3)21-13(20)17-11(12(18)19)7-8-4-5-9(15)10(16)6-8;10-6-2-1-5(3-7(6)11)4-8(12)9(13)14;;/h4-6,11H,7H2,1-3H3,(H,17,20)(H,18,19);1-3,8H,4,12H2,(H,13,14);2*1H2/t11-;8-;;/m00../s1. The van der Waals surface area contributed by atoms with Gasteiger partial charge in [-0.25, -0.2) is 27.2 Å². The van der Waals surface area contributed by atoms with E-state index in [2.05, 4.69) is 5.32 Å². The van der Waals surface area contributed by atoms with Crippen molar-refractivity contribution in [1.82, 2.24) is 5.32 Å². The quantitative estimate of drug-likeness (QED) is 0.373. The lowest BCUT2D eigenvalue weighted by molar-refractivity contribution is -0.140. The van der Waals surface area contributed by atoms with Crippen LogP contribution in [0.3, 0.4) is 0 Å². The maximum Gasteiger partial charge on any atom is 0.408 e. The van der Waals surface area contributed by atoms with E-state index in [0.717, 1.165) is 24.3 Å². The fraction of sp³-hybridized carbons (Fsp3) is 0.348. The van der Waals surface area contributed by atoms with E-state index in [9.17, 15) is 31.9 Å². The minimum Gasteiger partial charge on any atom is -0.480 e. The van der Waals surface area contributed by atoms with Crippen LogP contribution in [0.2, 0.25) is 0 Å². The number of rotatable bonds is 7. The van der Waals surface area contributed by atoms with E-state index < -0.39 is 59.0 Å². The van der Waals surface area contributed by atoms with Crippen molar-refractivity contribution in [3.05, 3.63) is 70.8 Å². The zero-order valence-electron chi connectivity index (χ0n) is 20.1. The molecule has 0 spiro atoms. The lowest BCUT2D eigenvalue weighted by Gasteiger charge is -2.22. The molecule has 0 heterocycles. The van der Waals surface area contributed by atoms with Gasteiger partial charge in [0.1, 0.15) is 17.7 Å². The molecule has 0 aromatic heterocycles. The molecule has 208 valence electrons. The molecule has 14 heteroatoms. The van der Waals surface area contributed by atoms with Crippen molar-refractivity contribution in [2.75, 3.05) is 0 Å². The van der Waals surface area contributed by atoms with Crippen molar-refractivity contribution >= 4 is 45.0 Å². The van der Waals surface area contributed by atoms with Gasteiger partial charge in [0.05, 0.1) is 0 Å². The van der Waals surface area contributed by atoms with Crippen LogP contribution in [0, 0.1) is 23.3 Å². The summed E-state index contributed by atoms with van der Waals surface area (Å²) in [5.74, 6) is -6.53. The van der Waals surface area contributed by atoms with Crippen molar-refractivity contribution in [2.24, 2.45) is 5.73 Å². The Kier molecular flexibility index (Phi) is 15.6. The Morgan fingerprint density at radius 1 is 0.838 bits per heavy atom. The Hall–Kier alpha value is -2.97. The number of hydrogen-bond acceptors (Lipinski definition) is 5. The van der Waals surface area contributed by atoms with Crippen molar-refractivity contribution < 1.29 is 46.9 Å². The predicted octanol–water partition coefficient (Wildman–Crippen LogP) is 3.63. The monoisotopic (exact) mass is 570 g/mol. The lowest BCUT2D eigenvalue weighted by Crippen LogP contribution is -2.44. The van der Waals surface area contributed by atoms with Gasteiger partial charge in [-0.1, -0.05) is 12.1 Å². The molecule has 0 saturated heterocycles. The summed E-state index contributed by atoms with van der Waals surface area (Å²) in [6.07, 6.45) is -1.10. The SMILES string of the molecule is CC(C)(C)OC(=O)N[C@@H](Cc1ccc(F)c(F)c1)C(=O)O.N[C@@H](Cc1ccc(F)c(F)c1)C(=O)O.S.S. The number of carbonyl (C=O) groups is 3. The number of alkyl carbamates (subject to hydrolysis) is 1. The minimum atomic E-state index is -1.30. The first-order valence-corrected chi connectivity index (χ1v) is 10.2. The van der Waals surface area contributed by atoms with E-state index in [1.54, 1.807) is 20.8 Å². The van der Waals surface area contributed by atoms with E-state index >= 15 is 0 Å². The number of amides is 1. The van der Waals surface area contributed by atoms with Gasteiger partial charge in [0, 0.05) is 6.42 Å². The third kappa shape index (κ3) is 13.8. The first-order chi connectivity index (χ1) is 16.1. The Bertz CT molecular complexity index is 1070. The zero-order valence-corrected chi connectivity index (χ0v) is 22.1. The average Bonchev–Trinajstić information content (AvgIpc) is 2.72. The molecule has 5 N–H and O–H groups in total. The number of ether oxygens (including phenoxy) is 1. The molecule has 0 fully saturated rings. The summed E-state index contributed by atoms with van der Waals surface area (Å²) in [6.45, 7) is 4.91. The van der Waals surface area contributed by atoms with Crippen LogP contribution in [0.15, 0.2) is 36.4 Å². The Morgan fingerprint density at radius 3 is 1.62 bits per heavy atom. The summed E-state index contributed by atoms with van der Waals surface area (Å²) in [6, 6.07) is 3.84. The number of nitrogens with one attached hydrogen (secondary N) is 1. The molecule has 2 atom stereocenters. The van der Waals surface area contributed by atoms with Gasteiger partial charge in [0.15, 0.2) is 23.3 Å². The van der Waals surface area contributed by atoms with Crippen molar-refractivity contribution in [2.45, 2.75) is 51.3 Å². The highest BCUT2D eigenvalue weighted by atomic mass is 32.1.